The number of hydrogen-bond donors (Lipinski definition) is 1. The Labute approximate surface area is 97.0 Å². The van der Waals surface area contributed by atoms with Gasteiger partial charge in [0, 0.05) is 6.42 Å². The molecule has 1 unspecified atom stereocenters. The van der Waals surface area contributed by atoms with Crippen LogP contribution in [0, 0.1) is 11.8 Å². The molecule has 0 heterocycles. The molecule has 0 saturated carbocycles. The molecule has 2 nitrogen and oxygen atoms in total. The predicted octanol–water partition coefficient (Wildman–Crippen LogP) is 2.63. The molecule has 1 N–H and O–H groups in total. The molecule has 0 bridgehead atoms. The molecule has 0 aromatic carbocycles. The van der Waals surface area contributed by atoms with Gasteiger partial charge in [0.15, 0.2) is 5.78 Å². The van der Waals surface area contributed by atoms with Crippen LogP contribution in [-0.4, -0.2) is 16.5 Å². The Morgan fingerprint density at radius 3 is 2.81 bits per heavy atom. The minimum absolute atomic E-state index is 0.153. The van der Waals surface area contributed by atoms with Crippen LogP contribution >= 0.6 is 0 Å². The molecule has 0 aromatic rings. The number of hydrogen-bond acceptors (Lipinski definition) is 2. The molecule has 0 spiro atoms. The second-order valence-electron chi connectivity index (χ2n) is 5.40. The summed E-state index contributed by atoms with van der Waals surface area (Å²) in [7, 11) is 0. The Morgan fingerprint density at radius 2 is 2.19 bits per heavy atom. The fourth-order valence-electron chi connectivity index (χ4n) is 2.81. The molecule has 0 saturated heterocycles. The summed E-state index contributed by atoms with van der Waals surface area (Å²) in [5, 5.41) is 10.7. The fourth-order valence-corrected chi connectivity index (χ4v) is 2.81. The van der Waals surface area contributed by atoms with Crippen molar-refractivity contribution in [1.82, 2.24) is 0 Å². The summed E-state index contributed by atoms with van der Waals surface area (Å²) in [6.45, 7) is 6.29. The van der Waals surface area contributed by atoms with Crippen molar-refractivity contribution >= 4 is 5.78 Å². The van der Waals surface area contributed by atoms with Crippen molar-refractivity contribution in [2.24, 2.45) is 11.8 Å². The van der Waals surface area contributed by atoms with Crippen molar-refractivity contribution < 1.29 is 9.90 Å². The zero-order chi connectivity index (χ0) is 11.9. The molecule has 0 aliphatic heterocycles. The van der Waals surface area contributed by atoms with Crippen LogP contribution in [0.15, 0.2) is 23.3 Å². The van der Waals surface area contributed by atoms with E-state index in [0.29, 0.717) is 18.8 Å². The fraction of sp³-hybridized carbons (Fsp3) is 0.643. The van der Waals surface area contributed by atoms with E-state index in [9.17, 15) is 9.90 Å². The highest BCUT2D eigenvalue weighted by Gasteiger charge is 2.43. The van der Waals surface area contributed by atoms with Crippen LogP contribution in [-0.2, 0) is 4.79 Å². The first-order valence-electron chi connectivity index (χ1n) is 6.13. The van der Waals surface area contributed by atoms with E-state index < -0.39 is 5.60 Å². The van der Waals surface area contributed by atoms with Gasteiger partial charge in [-0.2, -0.15) is 0 Å². The van der Waals surface area contributed by atoms with Crippen LogP contribution in [0.4, 0.5) is 0 Å². The zero-order valence-electron chi connectivity index (χ0n) is 10.3. The van der Waals surface area contributed by atoms with Gasteiger partial charge < -0.3 is 5.11 Å². The number of carbonyl (C=O) groups is 1. The van der Waals surface area contributed by atoms with Gasteiger partial charge in [0.1, 0.15) is 0 Å². The average Bonchev–Trinajstić information content (AvgIpc) is 2.21. The van der Waals surface area contributed by atoms with Gasteiger partial charge in [-0.15, -0.1) is 0 Å². The SMILES string of the molecule is CC(C)C1=CC[C@@H](C)C2(O)CCC(=O)C=C12. The molecular formula is C14H20O2. The van der Waals surface area contributed by atoms with E-state index in [2.05, 4.69) is 26.8 Å². The molecule has 0 aromatic heterocycles. The van der Waals surface area contributed by atoms with Gasteiger partial charge in [-0.05, 0) is 41.9 Å². The maximum atomic E-state index is 11.5. The standard InChI is InChI=1S/C14H20O2/c1-9(2)12-5-4-10(3)14(16)7-6-11(15)8-13(12)14/h5,8-10,16H,4,6-7H2,1-3H3/t10-,14?/m1/s1. The Kier molecular flexibility index (Phi) is 2.79. The molecule has 88 valence electrons. The number of aliphatic hydroxyl groups is 1. The number of allylic oxidation sites excluding steroid dienone is 2. The minimum Gasteiger partial charge on any atom is -0.385 e. The highest BCUT2D eigenvalue weighted by Crippen LogP contribution is 2.45. The first-order valence-corrected chi connectivity index (χ1v) is 6.13. The maximum Gasteiger partial charge on any atom is 0.156 e. The first kappa shape index (κ1) is 11.6. The average molecular weight is 220 g/mol. The van der Waals surface area contributed by atoms with Crippen molar-refractivity contribution in [1.29, 1.82) is 0 Å². The Balaban J connectivity index is 2.50. The normalized spacial score (nSPS) is 34.6. The summed E-state index contributed by atoms with van der Waals surface area (Å²) in [5.41, 5.74) is 1.29. The van der Waals surface area contributed by atoms with Gasteiger partial charge in [0.05, 0.1) is 5.60 Å². The van der Waals surface area contributed by atoms with E-state index in [-0.39, 0.29) is 11.7 Å². The van der Waals surface area contributed by atoms with Gasteiger partial charge >= 0.3 is 0 Å². The molecule has 2 rings (SSSR count). The van der Waals surface area contributed by atoms with E-state index in [1.54, 1.807) is 6.08 Å². The smallest absolute Gasteiger partial charge is 0.156 e. The first-order chi connectivity index (χ1) is 7.45. The molecule has 2 aliphatic rings. The van der Waals surface area contributed by atoms with Crippen molar-refractivity contribution in [3.8, 4) is 0 Å². The third kappa shape index (κ3) is 1.65. The Bertz CT molecular complexity index is 376. The molecule has 2 atom stereocenters. The Morgan fingerprint density at radius 1 is 1.50 bits per heavy atom. The number of carbonyl (C=O) groups excluding carboxylic acids is 1. The Hall–Kier alpha value is -0.890. The minimum atomic E-state index is -0.762. The largest absolute Gasteiger partial charge is 0.385 e. The van der Waals surface area contributed by atoms with Gasteiger partial charge in [0.25, 0.3) is 0 Å². The van der Waals surface area contributed by atoms with Crippen LogP contribution in [0.2, 0.25) is 0 Å². The molecule has 2 heteroatoms. The monoisotopic (exact) mass is 220 g/mol. The van der Waals surface area contributed by atoms with E-state index in [0.717, 1.165) is 17.6 Å². The van der Waals surface area contributed by atoms with E-state index in [4.69, 9.17) is 0 Å². The van der Waals surface area contributed by atoms with Crippen LogP contribution in [0.5, 0.6) is 0 Å². The summed E-state index contributed by atoms with van der Waals surface area (Å²) in [5.74, 6) is 0.742. The maximum absolute atomic E-state index is 11.5. The van der Waals surface area contributed by atoms with Gasteiger partial charge in [-0.1, -0.05) is 26.8 Å². The van der Waals surface area contributed by atoms with Crippen LogP contribution < -0.4 is 0 Å². The summed E-state index contributed by atoms with van der Waals surface area (Å²) in [6.07, 6.45) is 5.84. The molecule has 16 heavy (non-hydrogen) atoms. The number of ketones is 1. The zero-order valence-corrected chi connectivity index (χ0v) is 10.3. The van der Waals surface area contributed by atoms with E-state index >= 15 is 0 Å². The van der Waals surface area contributed by atoms with Gasteiger partial charge in [0.2, 0.25) is 0 Å². The molecule has 0 radical (unpaired) electrons. The quantitative estimate of drug-likeness (QED) is 0.737. The molecule has 2 aliphatic carbocycles. The third-order valence-electron chi connectivity index (χ3n) is 3.96. The van der Waals surface area contributed by atoms with Crippen LogP contribution in [0.1, 0.15) is 40.0 Å². The second kappa shape index (κ2) is 3.85. The molecule has 0 amide bonds. The second-order valence-corrected chi connectivity index (χ2v) is 5.40. The number of fused-ring (bicyclic) bond motifs is 1. The van der Waals surface area contributed by atoms with E-state index in [1.807, 2.05) is 0 Å². The lowest BCUT2D eigenvalue weighted by molar-refractivity contribution is -0.117. The topological polar surface area (TPSA) is 37.3 Å². The van der Waals surface area contributed by atoms with E-state index in [1.165, 1.54) is 0 Å². The summed E-state index contributed by atoms with van der Waals surface area (Å²) in [6, 6.07) is 0. The third-order valence-corrected chi connectivity index (χ3v) is 3.96. The molecule has 0 fully saturated rings. The van der Waals surface area contributed by atoms with Crippen molar-refractivity contribution in [2.75, 3.05) is 0 Å². The summed E-state index contributed by atoms with van der Waals surface area (Å²) in [4.78, 5) is 11.5. The van der Waals surface area contributed by atoms with Crippen LogP contribution in [0.3, 0.4) is 0 Å². The van der Waals surface area contributed by atoms with Gasteiger partial charge in [-0.3, -0.25) is 4.79 Å². The van der Waals surface area contributed by atoms with Crippen LogP contribution in [0.25, 0.3) is 0 Å². The lowest BCUT2D eigenvalue weighted by atomic mass is 9.66. The highest BCUT2D eigenvalue weighted by atomic mass is 16.3. The van der Waals surface area contributed by atoms with Crippen molar-refractivity contribution in [2.45, 2.75) is 45.6 Å². The summed E-state index contributed by atoms with van der Waals surface area (Å²) < 4.78 is 0. The highest BCUT2D eigenvalue weighted by molar-refractivity contribution is 5.93. The molecular weight excluding hydrogens is 200 g/mol. The predicted molar refractivity (Wildman–Crippen MR) is 64.0 cm³/mol. The lowest BCUT2D eigenvalue weighted by Crippen LogP contribution is -2.44. The van der Waals surface area contributed by atoms with Gasteiger partial charge in [-0.25, -0.2) is 0 Å². The van der Waals surface area contributed by atoms with Crippen molar-refractivity contribution in [3.05, 3.63) is 23.3 Å². The lowest BCUT2D eigenvalue weighted by Gasteiger charge is -2.43. The number of rotatable bonds is 1. The summed E-state index contributed by atoms with van der Waals surface area (Å²) >= 11 is 0. The van der Waals surface area contributed by atoms with Crippen molar-refractivity contribution in [3.63, 3.8) is 0 Å².